The second kappa shape index (κ2) is 4.70. The van der Waals surface area contributed by atoms with Crippen molar-refractivity contribution in [3.63, 3.8) is 0 Å². The summed E-state index contributed by atoms with van der Waals surface area (Å²) in [5.41, 5.74) is 6.37. The van der Waals surface area contributed by atoms with E-state index < -0.39 is 0 Å². The van der Waals surface area contributed by atoms with Gasteiger partial charge in [-0.25, -0.2) is 4.98 Å². The third kappa shape index (κ3) is 2.27. The summed E-state index contributed by atoms with van der Waals surface area (Å²) in [5, 5.41) is 0. The fourth-order valence-electron chi connectivity index (χ4n) is 2.23. The normalized spacial score (nSPS) is 22.4. The molecule has 1 aromatic rings. The molecule has 16 heavy (non-hydrogen) atoms. The van der Waals surface area contributed by atoms with E-state index in [1.54, 1.807) is 6.20 Å². The van der Waals surface area contributed by atoms with Crippen molar-refractivity contribution in [3.05, 3.63) is 18.3 Å². The minimum Gasteiger partial charge on any atom is -0.397 e. The third-order valence-corrected chi connectivity index (χ3v) is 3.22. The Labute approximate surface area is 97.1 Å². The Hall–Kier alpha value is -1.29. The van der Waals surface area contributed by atoms with Gasteiger partial charge in [-0.3, -0.25) is 4.90 Å². The molecule has 0 aliphatic carbocycles. The van der Waals surface area contributed by atoms with E-state index in [0.29, 0.717) is 6.04 Å². The lowest BCUT2D eigenvalue weighted by atomic mass is 10.2. The largest absolute Gasteiger partial charge is 0.397 e. The van der Waals surface area contributed by atoms with E-state index in [-0.39, 0.29) is 0 Å². The van der Waals surface area contributed by atoms with E-state index in [1.807, 2.05) is 12.1 Å². The summed E-state index contributed by atoms with van der Waals surface area (Å²) >= 11 is 0. The average Bonchev–Trinajstić information content (AvgIpc) is 2.30. The molecular formula is C12H20N4. The molecule has 2 N–H and O–H groups in total. The van der Waals surface area contributed by atoms with Crippen LogP contribution in [0.2, 0.25) is 0 Å². The Kier molecular flexibility index (Phi) is 3.29. The van der Waals surface area contributed by atoms with Crippen LogP contribution in [-0.4, -0.2) is 42.1 Å². The Bertz CT molecular complexity index is 335. The molecule has 0 spiro atoms. The number of rotatable bonds is 2. The molecule has 2 rings (SSSR count). The zero-order chi connectivity index (χ0) is 11.5. The van der Waals surface area contributed by atoms with Crippen LogP contribution in [0.15, 0.2) is 18.3 Å². The highest BCUT2D eigenvalue weighted by molar-refractivity contribution is 5.46. The maximum atomic E-state index is 5.65. The SMILES string of the molecule is CCN1CCN(c2ccc(N)cn2)[C@H](C)C1. The summed E-state index contributed by atoms with van der Waals surface area (Å²) in [6.45, 7) is 8.87. The molecule has 4 heteroatoms. The van der Waals surface area contributed by atoms with Gasteiger partial charge in [-0.15, -0.1) is 0 Å². The Morgan fingerprint density at radius 3 is 2.81 bits per heavy atom. The first-order chi connectivity index (χ1) is 7.70. The number of pyridine rings is 1. The van der Waals surface area contributed by atoms with Crippen molar-refractivity contribution in [2.24, 2.45) is 0 Å². The number of nitrogens with two attached hydrogens (primary N) is 1. The van der Waals surface area contributed by atoms with Crippen LogP contribution in [0.3, 0.4) is 0 Å². The highest BCUT2D eigenvalue weighted by Gasteiger charge is 2.23. The predicted octanol–water partition coefficient (Wildman–Crippen LogP) is 1.19. The lowest BCUT2D eigenvalue weighted by Gasteiger charge is -2.40. The Morgan fingerprint density at radius 1 is 1.44 bits per heavy atom. The predicted molar refractivity (Wildman–Crippen MR) is 67.6 cm³/mol. The van der Waals surface area contributed by atoms with Gasteiger partial charge < -0.3 is 10.6 Å². The van der Waals surface area contributed by atoms with Gasteiger partial charge in [0.15, 0.2) is 0 Å². The van der Waals surface area contributed by atoms with Gasteiger partial charge in [0.05, 0.1) is 11.9 Å². The zero-order valence-electron chi connectivity index (χ0n) is 10.1. The average molecular weight is 220 g/mol. The number of hydrogen-bond acceptors (Lipinski definition) is 4. The van der Waals surface area contributed by atoms with Crippen LogP contribution in [0.4, 0.5) is 11.5 Å². The molecule has 1 aliphatic rings. The second-order valence-corrected chi connectivity index (χ2v) is 4.39. The van der Waals surface area contributed by atoms with Crippen molar-refractivity contribution in [3.8, 4) is 0 Å². The molecule has 88 valence electrons. The van der Waals surface area contributed by atoms with E-state index in [2.05, 4.69) is 28.6 Å². The van der Waals surface area contributed by atoms with Crippen molar-refractivity contribution >= 4 is 11.5 Å². The summed E-state index contributed by atoms with van der Waals surface area (Å²) in [6.07, 6.45) is 1.73. The van der Waals surface area contributed by atoms with Crippen LogP contribution in [0.5, 0.6) is 0 Å². The highest BCUT2D eigenvalue weighted by Crippen LogP contribution is 2.18. The van der Waals surface area contributed by atoms with Crippen molar-refractivity contribution in [2.75, 3.05) is 36.8 Å². The first kappa shape index (κ1) is 11.2. The monoisotopic (exact) mass is 220 g/mol. The van der Waals surface area contributed by atoms with E-state index in [1.165, 1.54) is 0 Å². The summed E-state index contributed by atoms with van der Waals surface area (Å²) in [4.78, 5) is 9.21. The Morgan fingerprint density at radius 2 is 2.25 bits per heavy atom. The van der Waals surface area contributed by atoms with Crippen LogP contribution in [-0.2, 0) is 0 Å². The summed E-state index contributed by atoms with van der Waals surface area (Å²) in [5.74, 6) is 1.04. The first-order valence-electron chi connectivity index (χ1n) is 5.91. The van der Waals surface area contributed by atoms with Crippen molar-refractivity contribution in [2.45, 2.75) is 19.9 Å². The van der Waals surface area contributed by atoms with Gasteiger partial charge in [0, 0.05) is 25.7 Å². The molecule has 1 atom stereocenters. The second-order valence-electron chi connectivity index (χ2n) is 4.39. The lowest BCUT2D eigenvalue weighted by molar-refractivity contribution is 0.239. The van der Waals surface area contributed by atoms with Crippen LogP contribution in [0, 0.1) is 0 Å². The quantitative estimate of drug-likeness (QED) is 0.813. The van der Waals surface area contributed by atoms with E-state index in [4.69, 9.17) is 5.73 Å². The molecule has 0 radical (unpaired) electrons. The molecule has 1 fully saturated rings. The number of nitrogens with zero attached hydrogens (tertiary/aromatic N) is 3. The van der Waals surface area contributed by atoms with Crippen LogP contribution >= 0.6 is 0 Å². The molecule has 1 aliphatic heterocycles. The third-order valence-electron chi connectivity index (χ3n) is 3.22. The summed E-state index contributed by atoms with van der Waals surface area (Å²) < 4.78 is 0. The van der Waals surface area contributed by atoms with Gasteiger partial charge in [-0.05, 0) is 25.6 Å². The van der Waals surface area contributed by atoms with Crippen molar-refractivity contribution in [1.29, 1.82) is 0 Å². The minimum atomic E-state index is 0.518. The molecule has 1 aromatic heterocycles. The standard InChI is InChI=1S/C12H20N4/c1-3-15-6-7-16(10(2)9-15)12-5-4-11(13)8-14-12/h4-5,8,10H,3,6-7,9,13H2,1-2H3/t10-/m1/s1. The van der Waals surface area contributed by atoms with Crippen LogP contribution in [0.1, 0.15) is 13.8 Å². The molecule has 0 amide bonds. The van der Waals surface area contributed by atoms with Crippen LogP contribution in [0.25, 0.3) is 0 Å². The zero-order valence-corrected chi connectivity index (χ0v) is 10.1. The van der Waals surface area contributed by atoms with E-state index in [9.17, 15) is 0 Å². The first-order valence-corrected chi connectivity index (χ1v) is 5.91. The van der Waals surface area contributed by atoms with Gasteiger partial charge in [0.25, 0.3) is 0 Å². The Balaban J connectivity index is 2.08. The molecule has 4 nitrogen and oxygen atoms in total. The lowest BCUT2D eigenvalue weighted by Crippen LogP contribution is -2.52. The molecule has 2 heterocycles. The summed E-state index contributed by atoms with van der Waals surface area (Å²) in [6, 6.07) is 4.44. The molecular weight excluding hydrogens is 200 g/mol. The number of aromatic nitrogens is 1. The fourth-order valence-corrected chi connectivity index (χ4v) is 2.23. The van der Waals surface area contributed by atoms with E-state index in [0.717, 1.165) is 37.7 Å². The molecule has 0 unspecified atom stereocenters. The van der Waals surface area contributed by atoms with Gasteiger partial charge in [0.1, 0.15) is 5.82 Å². The van der Waals surface area contributed by atoms with E-state index >= 15 is 0 Å². The van der Waals surface area contributed by atoms with Crippen molar-refractivity contribution in [1.82, 2.24) is 9.88 Å². The minimum absolute atomic E-state index is 0.518. The number of anilines is 2. The van der Waals surface area contributed by atoms with Gasteiger partial charge in [0.2, 0.25) is 0 Å². The maximum Gasteiger partial charge on any atom is 0.128 e. The number of likely N-dealkylation sites (N-methyl/N-ethyl adjacent to an activating group) is 1. The number of nitrogen functional groups attached to an aromatic ring is 1. The van der Waals surface area contributed by atoms with Crippen LogP contribution < -0.4 is 10.6 Å². The maximum absolute atomic E-state index is 5.65. The number of hydrogen-bond donors (Lipinski definition) is 1. The molecule has 1 saturated heterocycles. The van der Waals surface area contributed by atoms with Crippen molar-refractivity contribution < 1.29 is 0 Å². The summed E-state index contributed by atoms with van der Waals surface area (Å²) in [7, 11) is 0. The van der Waals surface area contributed by atoms with Gasteiger partial charge in [-0.1, -0.05) is 6.92 Å². The molecule has 0 aromatic carbocycles. The fraction of sp³-hybridized carbons (Fsp3) is 0.583. The molecule has 0 bridgehead atoms. The highest BCUT2D eigenvalue weighted by atomic mass is 15.3. The molecule has 0 saturated carbocycles. The van der Waals surface area contributed by atoms with Gasteiger partial charge in [-0.2, -0.15) is 0 Å². The van der Waals surface area contributed by atoms with Gasteiger partial charge >= 0.3 is 0 Å². The smallest absolute Gasteiger partial charge is 0.128 e. The number of piperazine rings is 1. The topological polar surface area (TPSA) is 45.4 Å².